The number of carbonyl (C=O) groups is 3. The number of carboxylic acids is 1. The summed E-state index contributed by atoms with van der Waals surface area (Å²) in [6.07, 6.45) is -0.669. The van der Waals surface area contributed by atoms with Crippen molar-refractivity contribution >= 4 is 41.1 Å². The lowest BCUT2D eigenvalue weighted by Crippen LogP contribution is -2.73. The Kier molecular flexibility index (Phi) is 3.32. The van der Waals surface area contributed by atoms with Crippen LogP contribution in [0.4, 0.5) is 4.79 Å². The van der Waals surface area contributed by atoms with Crippen LogP contribution in [0.1, 0.15) is 11.4 Å². The van der Waals surface area contributed by atoms with Crippen LogP contribution in [0, 0.1) is 12.8 Å². The molecule has 3 aliphatic rings. The molecule has 11 heteroatoms. The summed E-state index contributed by atoms with van der Waals surface area (Å²) in [5.74, 6) is -1.82. The fourth-order valence-electron chi connectivity index (χ4n) is 3.60. The van der Waals surface area contributed by atoms with Gasteiger partial charge in [-0.2, -0.15) is 0 Å². The summed E-state index contributed by atoms with van der Waals surface area (Å²) in [5, 5.41) is 27.5. The molecule has 3 aliphatic heterocycles. The van der Waals surface area contributed by atoms with E-state index < -0.39 is 30.1 Å². The second kappa shape index (κ2) is 5.18. The third kappa shape index (κ3) is 1.97. The monoisotopic (exact) mass is 368 g/mol. The Morgan fingerprint density at radius 1 is 1.33 bits per heavy atom. The van der Waals surface area contributed by atoms with Gasteiger partial charge < -0.3 is 10.2 Å². The second-order valence-electron chi connectivity index (χ2n) is 5.72. The number of β-lactam (4-membered cyclic amide) rings is 1. The van der Waals surface area contributed by atoms with Gasteiger partial charge in [0.05, 0.1) is 6.04 Å². The molecule has 126 valence electrons. The summed E-state index contributed by atoms with van der Waals surface area (Å²) in [7, 11) is 0. The maximum absolute atomic E-state index is 12.4. The number of hydrogen-bond acceptors (Lipinski definition) is 7. The van der Waals surface area contributed by atoms with Gasteiger partial charge in [-0.25, -0.2) is 9.59 Å². The zero-order valence-electron chi connectivity index (χ0n) is 12.4. The molecule has 1 aromatic rings. The van der Waals surface area contributed by atoms with Crippen LogP contribution >= 0.6 is 23.1 Å². The number of rotatable bonds is 3. The number of nitrogens with zero attached hydrogens (tertiary/aromatic N) is 4. The predicted molar refractivity (Wildman–Crippen MR) is 82.4 cm³/mol. The average Bonchev–Trinajstić information content (AvgIpc) is 3.07. The third-order valence-electron chi connectivity index (χ3n) is 4.51. The maximum Gasteiger partial charge on any atom is 0.408 e. The van der Waals surface area contributed by atoms with Crippen LogP contribution in [0.2, 0.25) is 0 Å². The molecule has 4 rings (SSSR count). The normalized spacial score (nSPS) is 28.0. The number of aryl methyl sites for hydroxylation is 1. The molecule has 1 aromatic heterocycles. The first kappa shape index (κ1) is 15.4. The summed E-state index contributed by atoms with van der Waals surface area (Å²) in [5.41, 5.74) is -0.0451. The van der Waals surface area contributed by atoms with E-state index in [2.05, 4.69) is 10.2 Å². The number of aliphatic carboxylic acids is 1. The van der Waals surface area contributed by atoms with Crippen molar-refractivity contribution in [2.24, 2.45) is 5.92 Å². The molecule has 0 saturated carbocycles. The summed E-state index contributed by atoms with van der Waals surface area (Å²) in [6, 6.07) is -1.21. The van der Waals surface area contributed by atoms with Crippen molar-refractivity contribution in [1.29, 1.82) is 0 Å². The first-order valence-corrected chi connectivity index (χ1v) is 8.81. The third-order valence-corrected chi connectivity index (χ3v) is 6.61. The van der Waals surface area contributed by atoms with E-state index in [1.54, 1.807) is 6.92 Å². The standard InChI is InChI=1S/C13H12N4O5S2/c1-4-14-15-12(23-4)24-9-5-2-3-16(13(21)22)7-6(5)17(10(7)18)8(9)11(19)20/h5-7H,2-3H2,1H3,(H,19,20)(H,21,22)/t5?,6-,7+/m1/s1. The molecule has 0 aliphatic carbocycles. The molecule has 24 heavy (non-hydrogen) atoms. The number of carboxylic acid groups (broad SMARTS) is 2. The Morgan fingerprint density at radius 2 is 2.08 bits per heavy atom. The SMILES string of the molecule is Cc1nnc(SC2=C(C(=O)O)N3C(=O)[C@@H]4[C@H]3C2CCN4C(=O)O)s1. The smallest absolute Gasteiger partial charge is 0.408 e. The summed E-state index contributed by atoms with van der Waals surface area (Å²) < 4.78 is 0.619. The van der Waals surface area contributed by atoms with E-state index >= 15 is 0 Å². The number of aromatic nitrogens is 2. The fraction of sp³-hybridized carbons (Fsp3) is 0.462. The first-order chi connectivity index (χ1) is 11.4. The zero-order chi connectivity index (χ0) is 17.2. The number of likely N-dealkylation sites (tertiary alicyclic amines) is 1. The van der Waals surface area contributed by atoms with Gasteiger partial charge in [0, 0.05) is 17.4 Å². The highest BCUT2D eigenvalue weighted by Gasteiger charge is 2.64. The molecule has 2 saturated heterocycles. The molecule has 3 atom stereocenters. The highest BCUT2D eigenvalue weighted by Crippen LogP contribution is 2.53. The van der Waals surface area contributed by atoms with Gasteiger partial charge >= 0.3 is 12.1 Å². The molecule has 4 heterocycles. The molecule has 0 spiro atoms. The van der Waals surface area contributed by atoms with Gasteiger partial charge in [-0.1, -0.05) is 23.1 Å². The van der Waals surface area contributed by atoms with Gasteiger partial charge in [-0.3, -0.25) is 14.6 Å². The van der Waals surface area contributed by atoms with Crippen LogP contribution in [0.15, 0.2) is 14.9 Å². The van der Waals surface area contributed by atoms with Crippen molar-refractivity contribution in [3.63, 3.8) is 0 Å². The molecule has 9 nitrogen and oxygen atoms in total. The van der Waals surface area contributed by atoms with Gasteiger partial charge in [0.25, 0.3) is 5.91 Å². The molecular formula is C13H12N4O5S2. The van der Waals surface area contributed by atoms with E-state index in [4.69, 9.17) is 0 Å². The Morgan fingerprint density at radius 3 is 2.67 bits per heavy atom. The molecule has 0 radical (unpaired) electrons. The van der Waals surface area contributed by atoms with E-state index in [1.165, 1.54) is 28.0 Å². The van der Waals surface area contributed by atoms with Gasteiger partial charge in [0.15, 0.2) is 4.34 Å². The minimum atomic E-state index is -1.18. The number of hydrogen-bond donors (Lipinski definition) is 2. The number of thioether (sulfide) groups is 1. The Balaban J connectivity index is 1.72. The maximum atomic E-state index is 12.4. The predicted octanol–water partition coefficient (Wildman–Crippen LogP) is 0.828. The van der Waals surface area contributed by atoms with Crippen molar-refractivity contribution in [3.05, 3.63) is 15.6 Å². The molecule has 1 unspecified atom stereocenters. The van der Waals surface area contributed by atoms with Crippen LogP contribution in [0.5, 0.6) is 0 Å². The van der Waals surface area contributed by atoms with Crippen LogP contribution in [0.25, 0.3) is 0 Å². The summed E-state index contributed by atoms with van der Waals surface area (Å²) >= 11 is 2.57. The second-order valence-corrected chi connectivity index (χ2v) is 8.19. The molecule has 0 aromatic carbocycles. The van der Waals surface area contributed by atoms with E-state index in [0.29, 0.717) is 15.7 Å². The average molecular weight is 368 g/mol. The molecule has 0 bridgehead atoms. The van der Waals surface area contributed by atoms with E-state index in [9.17, 15) is 24.6 Å². The van der Waals surface area contributed by atoms with E-state index in [-0.39, 0.29) is 18.2 Å². The summed E-state index contributed by atoms with van der Waals surface area (Å²) in [6.45, 7) is 2.02. The summed E-state index contributed by atoms with van der Waals surface area (Å²) in [4.78, 5) is 38.3. The van der Waals surface area contributed by atoms with Crippen molar-refractivity contribution in [1.82, 2.24) is 20.0 Å². The topological polar surface area (TPSA) is 124 Å². The van der Waals surface area contributed by atoms with Crippen LogP contribution in [-0.2, 0) is 9.59 Å². The van der Waals surface area contributed by atoms with Gasteiger partial charge in [-0.05, 0) is 13.3 Å². The zero-order valence-corrected chi connectivity index (χ0v) is 14.0. The van der Waals surface area contributed by atoms with E-state index in [0.717, 1.165) is 9.91 Å². The lowest BCUT2D eigenvalue weighted by Gasteiger charge is -2.52. The lowest BCUT2D eigenvalue weighted by molar-refractivity contribution is -0.161. The highest BCUT2D eigenvalue weighted by atomic mass is 32.2. The highest BCUT2D eigenvalue weighted by molar-refractivity contribution is 8.04. The largest absolute Gasteiger partial charge is 0.477 e. The molecule has 2 N–H and O–H groups in total. The van der Waals surface area contributed by atoms with Crippen molar-refractivity contribution in [3.8, 4) is 0 Å². The Labute approximate surface area is 144 Å². The fourth-order valence-corrected chi connectivity index (χ4v) is 5.78. The first-order valence-electron chi connectivity index (χ1n) is 7.18. The Hall–Kier alpha value is -2.14. The van der Waals surface area contributed by atoms with Crippen molar-refractivity contribution < 1.29 is 24.6 Å². The van der Waals surface area contributed by atoms with Gasteiger partial charge in [-0.15, -0.1) is 10.2 Å². The number of piperidine rings is 1. The van der Waals surface area contributed by atoms with Crippen molar-refractivity contribution in [2.75, 3.05) is 6.54 Å². The minimum Gasteiger partial charge on any atom is -0.477 e. The Bertz CT molecular complexity index is 806. The molecule has 2 amide bonds. The van der Waals surface area contributed by atoms with Crippen molar-refractivity contribution in [2.45, 2.75) is 29.8 Å². The van der Waals surface area contributed by atoms with Gasteiger partial charge in [0.1, 0.15) is 16.7 Å². The quantitative estimate of drug-likeness (QED) is 0.752. The van der Waals surface area contributed by atoms with Crippen LogP contribution < -0.4 is 0 Å². The lowest BCUT2D eigenvalue weighted by atomic mass is 9.81. The van der Waals surface area contributed by atoms with Gasteiger partial charge in [0.2, 0.25) is 0 Å². The van der Waals surface area contributed by atoms with Crippen LogP contribution in [0.3, 0.4) is 0 Å². The molecular weight excluding hydrogens is 356 g/mol. The number of amides is 2. The van der Waals surface area contributed by atoms with E-state index in [1.807, 2.05) is 0 Å². The van der Waals surface area contributed by atoms with Crippen LogP contribution in [-0.4, -0.2) is 66.8 Å². The number of carbonyl (C=O) groups excluding carboxylic acids is 1. The minimum absolute atomic E-state index is 0.0451. The molecule has 2 fully saturated rings.